The molecule has 2 rings (SSSR count). The maximum Gasteiger partial charge on any atom is 0.331 e. The van der Waals surface area contributed by atoms with Gasteiger partial charge in [0.25, 0.3) is 0 Å². The van der Waals surface area contributed by atoms with Crippen LogP contribution in [0.1, 0.15) is 25.3 Å². The molecule has 4 N–H and O–H groups in total. The second kappa shape index (κ2) is 7.86. The maximum absolute atomic E-state index is 12.0. The zero-order valence-electron chi connectivity index (χ0n) is 14.5. The summed E-state index contributed by atoms with van der Waals surface area (Å²) in [5, 5.41) is 39.6. The van der Waals surface area contributed by atoms with Crippen LogP contribution in [-0.2, 0) is 14.3 Å². The Hall–Kier alpha value is -2.42. The Labute approximate surface area is 150 Å². The lowest BCUT2D eigenvalue weighted by Gasteiger charge is -2.40. The highest BCUT2D eigenvalue weighted by molar-refractivity contribution is 5.88. The van der Waals surface area contributed by atoms with Crippen LogP contribution in [0.2, 0.25) is 0 Å². The van der Waals surface area contributed by atoms with E-state index in [1.54, 1.807) is 6.07 Å². The fourth-order valence-electron chi connectivity index (χ4n) is 2.80. The number of rotatable bonds is 5. The molecule has 0 radical (unpaired) electrons. The highest BCUT2D eigenvalue weighted by atomic mass is 16.6. The van der Waals surface area contributed by atoms with E-state index in [9.17, 15) is 30.0 Å². The van der Waals surface area contributed by atoms with Crippen LogP contribution in [0.5, 0.6) is 11.5 Å². The molecule has 0 amide bonds. The molecule has 26 heavy (non-hydrogen) atoms. The van der Waals surface area contributed by atoms with Crippen molar-refractivity contribution in [2.75, 3.05) is 7.11 Å². The third-order valence-electron chi connectivity index (χ3n) is 4.40. The van der Waals surface area contributed by atoms with Gasteiger partial charge in [-0.05, 0) is 30.7 Å². The quantitative estimate of drug-likeness (QED) is 0.428. The molecular formula is C18H22O8. The Kier molecular flexibility index (Phi) is 6.01. The minimum atomic E-state index is -1.85. The number of Topliss-reactive ketones (excluding diaryl/α,β-unsaturated/α-hetero) is 1. The third-order valence-corrected chi connectivity index (χ3v) is 4.40. The van der Waals surface area contributed by atoms with Gasteiger partial charge in [-0.2, -0.15) is 0 Å². The molecule has 0 aromatic heterocycles. The first-order chi connectivity index (χ1) is 12.2. The average molecular weight is 366 g/mol. The van der Waals surface area contributed by atoms with Crippen molar-refractivity contribution in [3.63, 3.8) is 0 Å². The van der Waals surface area contributed by atoms with Crippen molar-refractivity contribution in [1.29, 1.82) is 0 Å². The predicted octanol–water partition coefficient (Wildman–Crippen LogP) is 0.161. The third kappa shape index (κ3) is 4.40. The fraction of sp³-hybridized carbons (Fsp3) is 0.444. The van der Waals surface area contributed by atoms with E-state index in [0.29, 0.717) is 5.56 Å². The monoisotopic (exact) mass is 366 g/mol. The molecule has 1 aliphatic carbocycles. The van der Waals surface area contributed by atoms with E-state index in [0.717, 1.165) is 6.08 Å². The number of phenolic OH excluding ortho intramolecular Hbond substituents is 1. The summed E-state index contributed by atoms with van der Waals surface area (Å²) >= 11 is 0. The predicted molar refractivity (Wildman–Crippen MR) is 90.5 cm³/mol. The van der Waals surface area contributed by atoms with Gasteiger partial charge in [-0.3, -0.25) is 4.79 Å². The molecule has 142 valence electrons. The van der Waals surface area contributed by atoms with Crippen molar-refractivity contribution >= 4 is 17.8 Å². The summed E-state index contributed by atoms with van der Waals surface area (Å²) in [5.74, 6) is -1.20. The lowest BCUT2D eigenvalue weighted by atomic mass is 9.77. The van der Waals surface area contributed by atoms with E-state index in [-0.39, 0.29) is 24.3 Å². The highest BCUT2D eigenvalue weighted by Gasteiger charge is 2.48. The normalized spacial score (nSPS) is 28.7. The van der Waals surface area contributed by atoms with E-state index in [1.165, 1.54) is 32.2 Å². The van der Waals surface area contributed by atoms with Crippen LogP contribution in [0.15, 0.2) is 24.3 Å². The van der Waals surface area contributed by atoms with Gasteiger partial charge in [0.2, 0.25) is 0 Å². The van der Waals surface area contributed by atoms with Crippen LogP contribution >= 0.6 is 0 Å². The molecule has 0 saturated heterocycles. The van der Waals surface area contributed by atoms with Crippen molar-refractivity contribution < 1.29 is 39.5 Å². The Bertz CT molecular complexity index is 713. The second-order valence-electron chi connectivity index (χ2n) is 6.29. The number of aliphatic hydroxyl groups excluding tert-OH is 2. The molecule has 1 fully saturated rings. The molecule has 1 saturated carbocycles. The van der Waals surface area contributed by atoms with Gasteiger partial charge >= 0.3 is 5.97 Å². The second-order valence-corrected chi connectivity index (χ2v) is 6.29. The van der Waals surface area contributed by atoms with E-state index < -0.39 is 35.7 Å². The SMILES string of the molecule is COc1cc(/C=C/C(=O)O[C@H]2CC(O)(C(C)=O)CC(O)C2O)ccc1O. The summed E-state index contributed by atoms with van der Waals surface area (Å²) in [5.41, 5.74) is -1.29. The number of ketones is 1. The van der Waals surface area contributed by atoms with Crippen LogP contribution in [0, 0.1) is 0 Å². The molecule has 0 spiro atoms. The number of phenols is 1. The molecule has 8 heteroatoms. The number of carbonyl (C=O) groups is 2. The first-order valence-corrected chi connectivity index (χ1v) is 8.01. The number of esters is 1. The smallest absolute Gasteiger partial charge is 0.331 e. The van der Waals surface area contributed by atoms with Crippen molar-refractivity contribution in [1.82, 2.24) is 0 Å². The number of aromatic hydroxyl groups is 1. The topological polar surface area (TPSA) is 134 Å². The van der Waals surface area contributed by atoms with Crippen LogP contribution in [0.3, 0.4) is 0 Å². The number of methoxy groups -OCH3 is 1. The molecule has 8 nitrogen and oxygen atoms in total. The van der Waals surface area contributed by atoms with Gasteiger partial charge in [-0.15, -0.1) is 0 Å². The molecule has 1 aliphatic rings. The molecule has 0 bridgehead atoms. The lowest BCUT2D eigenvalue weighted by Crippen LogP contribution is -2.56. The molecule has 0 heterocycles. The summed E-state index contributed by atoms with van der Waals surface area (Å²) in [6.45, 7) is 1.17. The van der Waals surface area contributed by atoms with Gasteiger partial charge in [0, 0.05) is 18.9 Å². The number of hydrogen-bond acceptors (Lipinski definition) is 8. The van der Waals surface area contributed by atoms with E-state index in [2.05, 4.69) is 0 Å². The molecule has 4 atom stereocenters. The summed E-state index contributed by atoms with van der Waals surface area (Å²) in [6, 6.07) is 4.46. The summed E-state index contributed by atoms with van der Waals surface area (Å²) in [4.78, 5) is 23.6. The van der Waals surface area contributed by atoms with E-state index >= 15 is 0 Å². The van der Waals surface area contributed by atoms with Gasteiger partial charge in [-0.25, -0.2) is 4.79 Å². The zero-order chi connectivity index (χ0) is 19.5. The fourth-order valence-corrected chi connectivity index (χ4v) is 2.80. The minimum Gasteiger partial charge on any atom is -0.504 e. The van der Waals surface area contributed by atoms with Crippen LogP contribution in [-0.4, -0.2) is 63.2 Å². The highest BCUT2D eigenvalue weighted by Crippen LogP contribution is 2.32. The Morgan fingerprint density at radius 3 is 2.58 bits per heavy atom. The van der Waals surface area contributed by atoms with Gasteiger partial charge in [0.15, 0.2) is 17.3 Å². The zero-order valence-corrected chi connectivity index (χ0v) is 14.5. The minimum absolute atomic E-state index is 0.0462. The van der Waals surface area contributed by atoms with Gasteiger partial charge in [0.05, 0.1) is 13.2 Å². The van der Waals surface area contributed by atoms with Gasteiger partial charge in [0.1, 0.15) is 17.8 Å². The van der Waals surface area contributed by atoms with E-state index in [1.807, 2.05) is 0 Å². The maximum atomic E-state index is 12.0. The average Bonchev–Trinajstić information content (AvgIpc) is 2.58. The standard InChI is InChI=1S/C18H22O8/c1-10(19)18(24)8-13(21)17(23)15(9-18)26-16(22)6-4-11-3-5-12(20)14(7-11)25-2/h3-7,13,15,17,20-21,23-24H,8-9H2,1-2H3/b6-4+/t13?,15-,17?,18?/m0/s1. The van der Waals surface area contributed by atoms with Crippen molar-refractivity contribution in [3.05, 3.63) is 29.8 Å². The van der Waals surface area contributed by atoms with Crippen LogP contribution < -0.4 is 4.74 Å². The molecule has 1 aromatic rings. The Morgan fingerprint density at radius 2 is 1.96 bits per heavy atom. The number of hydrogen-bond donors (Lipinski definition) is 4. The van der Waals surface area contributed by atoms with Crippen LogP contribution in [0.25, 0.3) is 6.08 Å². The number of benzene rings is 1. The molecule has 3 unspecified atom stereocenters. The lowest BCUT2D eigenvalue weighted by molar-refractivity contribution is -0.185. The molecule has 0 aliphatic heterocycles. The molecule has 1 aromatic carbocycles. The first-order valence-electron chi connectivity index (χ1n) is 8.01. The largest absolute Gasteiger partial charge is 0.504 e. The van der Waals surface area contributed by atoms with Gasteiger partial charge in [-0.1, -0.05) is 6.07 Å². The van der Waals surface area contributed by atoms with E-state index in [4.69, 9.17) is 9.47 Å². The van der Waals surface area contributed by atoms with Crippen molar-refractivity contribution in [2.24, 2.45) is 0 Å². The number of aliphatic hydroxyl groups is 3. The Balaban J connectivity index is 2.07. The first kappa shape index (κ1) is 19.9. The Morgan fingerprint density at radius 1 is 1.27 bits per heavy atom. The summed E-state index contributed by atoms with van der Waals surface area (Å²) < 4.78 is 10.1. The van der Waals surface area contributed by atoms with Gasteiger partial charge < -0.3 is 29.9 Å². The van der Waals surface area contributed by atoms with Crippen molar-refractivity contribution in [2.45, 2.75) is 43.7 Å². The summed E-state index contributed by atoms with van der Waals surface area (Å²) in [6.07, 6.45) is -2.13. The van der Waals surface area contributed by atoms with Crippen LogP contribution in [0.4, 0.5) is 0 Å². The number of ether oxygens (including phenoxy) is 2. The molecular weight excluding hydrogens is 344 g/mol. The summed E-state index contributed by atoms with van der Waals surface area (Å²) in [7, 11) is 1.39. The van der Waals surface area contributed by atoms with Crippen molar-refractivity contribution in [3.8, 4) is 11.5 Å². The number of carbonyl (C=O) groups excluding carboxylic acids is 2.